The first-order valence-corrected chi connectivity index (χ1v) is 5.08. The fraction of sp³-hybridized carbons (Fsp3) is 0.273. The van der Waals surface area contributed by atoms with Gasteiger partial charge in [0, 0.05) is 12.1 Å². The normalized spacial score (nSPS) is 9.07. The van der Waals surface area contributed by atoms with Crippen molar-refractivity contribution in [3.63, 3.8) is 0 Å². The first-order chi connectivity index (χ1) is 6.79. The molecule has 0 spiro atoms. The zero-order valence-electron chi connectivity index (χ0n) is 8.01. The van der Waals surface area contributed by atoms with Gasteiger partial charge in [0.05, 0.1) is 4.47 Å². The van der Waals surface area contributed by atoms with Crippen molar-refractivity contribution in [2.45, 2.75) is 13.5 Å². The van der Waals surface area contributed by atoms with Gasteiger partial charge in [0.2, 0.25) is 0 Å². The van der Waals surface area contributed by atoms with Gasteiger partial charge in [-0.3, -0.25) is 0 Å². The summed E-state index contributed by atoms with van der Waals surface area (Å²) in [6.07, 6.45) is 0. The molecule has 0 saturated carbocycles. The molecule has 74 valence electrons. The van der Waals surface area contributed by atoms with Crippen LogP contribution in [0.15, 0.2) is 22.7 Å². The zero-order valence-corrected chi connectivity index (χ0v) is 9.60. The maximum atomic E-state index is 5.59. The van der Waals surface area contributed by atoms with E-state index in [0.29, 0.717) is 13.2 Å². The molecule has 2 N–H and O–H groups in total. The second-order valence-corrected chi connectivity index (χ2v) is 3.50. The second-order valence-electron chi connectivity index (χ2n) is 2.65. The van der Waals surface area contributed by atoms with Crippen LogP contribution < -0.4 is 10.5 Å². The number of nitrogens with two attached hydrogens (primary N) is 1. The fourth-order valence-corrected chi connectivity index (χ4v) is 1.58. The molecule has 3 heteroatoms. The Bertz CT molecular complexity index is 365. The molecule has 0 radical (unpaired) electrons. The smallest absolute Gasteiger partial charge is 0.149 e. The minimum Gasteiger partial charge on any atom is -0.479 e. The van der Waals surface area contributed by atoms with Crippen LogP contribution in [0.2, 0.25) is 0 Å². The van der Waals surface area contributed by atoms with E-state index in [1.807, 2.05) is 18.2 Å². The molecule has 0 heterocycles. The van der Waals surface area contributed by atoms with Gasteiger partial charge in [-0.25, -0.2) is 0 Å². The summed E-state index contributed by atoms with van der Waals surface area (Å²) >= 11 is 3.41. The van der Waals surface area contributed by atoms with Crippen LogP contribution in [0.1, 0.15) is 12.5 Å². The van der Waals surface area contributed by atoms with E-state index in [1.54, 1.807) is 6.92 Å². The molecule has 0 aromatic heterocycles. The van der Waals surface area contributed by atoms with Crippen LogP contribution in [0, 0.1) is 11.8 Å². The summed E-state index contributed by atoms with van der Waals surface area (Å²) in [6, 6.07) is 5.80. The van der Waals surface area contributed by atoms with Gasteiger partial charge >= 0.3 is 0 Å². The average Bonchev–Trinajstić information content (AvgIpc) is 2.20. The summed E-state index contributed by atoms with van der Waals surface area (Å²) in [5.74, 6) is 6.40. The Labute approximate surface area is 92.6 Å². The lowest BCUT2D eigenvalue weighted by molar-refractivity contribution is 0.363. The molecule has 1 aromatic rings. The van der Waals surface area contributed by atoms with E-state index < -0.39 is 0 Å². The van der Waals surface area contributed by atoms with Gasteiger partial charge < -0.3 is 10.5 Å². The Morgan fingerprint density at radius 3 is 2.93 bits per heavy atom. The van der Waals surface area contributed by atoms with Crippen molar-refractivity contribution < 1.29 is 4.74 Å². The summed E-state index contributed by atoms with van der Waals surface area (Å²) in [5, 5.41) is 0. The molecule has 0 amide bonds. The zero-order chi connectivity index (χ0) is 10.4. The SMILES string of the molecule is CC#CCOc1c(Br)cccc1CN. The maximum absolute atomic E-state index is 5.59. The van der Waals surface area contributed by atoms with E-state index >= 15 is 0 Å². The van der Waals surface area contributed by atoms with Gasteiger partial charge in [0.25, 0.3) is 0 Å². The maximum Gasteiger partial charge on any atom is 0.149 e. The van der Waals surface area contributed by atoms with Gasteiger partial charge in [0.1, 0.15) is 12.4 Å². The molecule has 0 aliphatic carbocycles. The van der Waals surface area contributed by atoms with E-state index in [1.165, 1.54) is 0 Å². The van der Waals surface area contributed by atoms with Crippen LogP contribution in [-0.2, 0) is 6.54 Å². The topological polar surface area (TPSA) is 35.2 Å². The van der Waals surface area contributed by atoms with Gasteiger partial charge in [0.15, 0.2) is 0 Å². The monoisotopic (exact) mass is 253 g/mol. The number of benzene rings is 1. The van der Waals surface area contributed by atoms with Crippen molar-refractivity contribution in [2.24, 2.45) is 5.73 Å². The van der Waals surface area contributed by atoms with Crippen LogP contribution >= 0.6 is 15.9 Å². The highest BCUT2D eigenvalue weighted by Crippen LogP contribution is 2.28. The van der Waals surface area contributed by atoms with Gasteiger partial charge in [-0.15, -0.1) is 5.92 Å². The van der Waals surface area contributed by atoms with E-state index in [-0.39, 0.29) is 0 Å². The number of para-hydroxylation sites is 1. The second kappa shape index (κ2) is 5.69. The lowest BCUT2D eigenvalue weighted by Gasteiger charge is -2.09. The molecule has 0 saturated heterocycles. The van der Waals surface area contributed by atoms with Gasteiger partial charge in [-0.2, -0.15) is 0 Å². The average molecular weight is 254 g/mol. The van der Waals surface area contributed by atoms with Crippen molar-refractivity contribution >= 4 is 15.9 Å². The molecule has 0 bridgehead atoms. The van der Waals surface area contributed by atoms with Gasteiger partial charge in [-0.05, 0) is 28.9 Å². The number of rotatable bonds is 3. The third-order valence-electron chi connectivity index (χ3n) is 1.73. The Kier molecular flexibility index (Phi) is 4.51. The Hall–Kier alpha value is -0.980. The summed E-state index contributed by atoms with van der Waals surface area (Å²) < 4.78 is 6.41. The Morgan fingerprint density at radius 2 is 2.29 bits per heavy atom. The van der Waals surface area contributed by atoms with Crippen molar-refractivity contribution in [3.8, 4) is 17.6 Å². The summed E-state index contributed by atoms with van der Waals surface area (Å²) in [7, 11) is 0. The van der Waals surface area contributed by atoms with E-state index in [4.69, 9.17) is 10.5 Å². The lowest BCUT2D eigenvalue weighted by Crippen LogP contribution is -2.03. The van der Waals surface area contributed by atoms with Crippen LogP contribution in [-0.4, -0.2) is 6.61 Å². The molecule has 0 atom stereocenters. The molecule has 0 aliphatic heterocycles. The lowest BCUT2D eigenvalue weighted by atomic mass is 10.2. The largest absolute Gasteiger partial charge is 0.479 e. The van der Waals surface area contributed by atoms with Gasteiger partial charge in [-0.1, -0.05) is 18.1 Å². The van der Waals surface area contributed by atoms with Crippen LogP contribution in [0.25, 0.3) is 0 Å². The predicted molar refractivity (Wildman–Crippen MR) is 61.0 cm³/mol. The highest BCUT2D eigenvalue weighted by Gasteiger charge is 2.05. The standard InChI is InChI=1S/C11H12BrNO/c1-2-3-7-14-11-9(8-13)5-4-6-10(11)12/h4-6H,7-8,13H2,1H3. The van der Waals surface area contributed by atoms with Crippen LogP contribution in [0.5, 0.6) is 5.75 Å². The van der Waals surface area contributed by atoms with E-state index in [9.17, 15) is 0 Å². The number of hydrogen-bond acceptors (Lipinski definition) is 2. The molecule has 1 aromatic carbocycles. The molecule has 0 aliphatic rings. The highest BCUT2D eigenvalue weighted by molar-refractivity contribution is 9.10. The quantitative estimate of drug-likeness (QED) is 0.840. The number of ether oxygens (including phenoxy) is 1. The third-order valence-corrected chi connectivity index (χ3v) is 2.36. The summed E-state index contributed by atoms with van der Waals surface area (Å²) in [5.41, 5.74) is 6.57. The van der Waals surface area contributed by atoms with Crippen LogP contribution in [0.4, 0.5) is 0 Å². The first-order valence-electron chi connectivity index (χ1n) is 4.29. The molecule has 1 rings (SSSR count). The molecule has 0 fully saturated rings. The van der Waals surface area contributed by atoms with E-state index in [0.717, 1.165) is 15.8 Å². The molecular weight excluding hydrogens is 242 g/mol. The fourth-order valence-electron chi connectivity index (χ4n) is 1.06. The number of halogens is 1. The molecular formula is C11H12BrNO. The molecule has 2 nitrogen and oxygen atoms in total. The highest BCUT2D eigenvalue weighted by atomic mass is 79.9. The van der Waals surface area contributed by atoms with E-state index in [2.05, 4.69) is 27.8 Å². The van der Waals surface area contributed by atoms with Crippen molar-refractivity contribution in [1.82, 2.24) is 0 Å². The summed E-state index contributed by atoms with van der Waals surface area (Å²) in [4.78, 5) is 0. The molecule has 14 heavy (non-hydrogen) atoms. The van der Waals surface area contributed by atoms with Crippen molar-refractivity contribution in [1.29, 1.82) is 0 Å². The first kappa shape index (κ1) is 11.1. The van der Waals surface area contributed by atoms with Crippen molar-refractivity contribution in [2.75, 3.05) is 6.61 Å². The minimum atomic E-state index is 0.395. The third kappa shape index (κ3) is 2.76. The van der Waals surface area contributed by atoms with Crippen LogP contribution in [0.3, 0.4) is 0 Å². The molecule has 0 unspecified atom stereocenters. The number of hydrogen-bond donors (Lipinski definition) is 1. The minimum absolute atomic E-state index is 0.395. The summed E-state index contributed by atoms with van der Waals surface area (Å²) in [6.45, 7) is 2.65. The Balaban J connectivity index is 2.85. The Morgan fingerprint density at radius 1 is 1.50 bits per heavy atom. The van der Waals surface area contributed by atoms with Crippen molar-refractivity contribution in [3.05, 3.63) is 28.2 Å². The predicted octanol–water partition coefficient (Wildman–Crippen LogP) is 2.31.